The van der Waals surface area contributed by atoms with E-state index in [4.69, 9.17) is 16.3 Å². The van der Waals surface area contributed by atoms with Crippen LogP contribution in [-0.4, -0.2) is 22.8 Å². The van der Waals surface area contributed by atoms with Crippen LogP contribution in [0.25, 0.3) is 11.6 Å². The summed E-state index contributed by atoms with van der Waals surface area (Å²) in [6, 6.07) is 9.82. The van der Waals surface area contributed by atoms with E-state index < -0.39 is 5.97 Å². The van der Waals surface area contributed by atoms with Gasteiger partial charge >= 0.3 is 5.97 Å². The number of rotatable bonds is 5. The Morgan fingerprint density at radius 1 is 1.26 bits per heavy atom. The molecule has 0 unspecified atom stereocenters. The monoisotopic (exact) mass is 332 g/mol. The van der Waals surface area contributed by atoms with Gasteiger partial charge < -0.3 is 14.9 Å². The molecule has 0 amide bonds. The lowest BCUT2D eigenvalue weighted by Crippen LogP contribution is -2.02. The summed E-state index contributed by atoms with van der Waals surface area (Å²) in [5.74, 6) is -0.384. The third-order valence-corrected chi connectivity index (χ3v) is 3.61. The molecule has 0 atom stereocenters. The first-order valence-corrected chi connectivity index (χ1v) is 7.47. The van der Waals surface area contributed by atoms with Gasteiger partial charge in [0.2, 0.25) is 0 Å². The Balaban J connectivity index is 2.48. The minimum atomic E-state index is -1.04. The Morgan fingerprint density at radius 2 is 2.00 bits per heavy atom. The van der Waals surface area contributed by atoms with E-state index in [1.54, 1.807) is 24.3 Å². The normalized spacial score (nSPS) is 11.3. The summed E-state index contributed by atoms with van der Waals surface area (Å²) in [5.41, 5.74) is 2.14. The molecule has 2 aromatic rings. The Morgan fingerprint density at radius 3 is 2.57 bits per heavy atom. The Bertz CT molecular complexity index is 766. The second-order valence-corrected chi connectivity index (χ2v) is 5.39. The van der Waals surface area contributed by atoms with E-state index in [0.717, 1.165) is 5.56 Å². The quantitative estimate of drug-likeness (QED) is 0.630. The number of aliphatic carboxylic acids is 1. The standard InChI is InChI=1S/C18H17ClO4/c1-3-23-13-5-6-14(11(2)8-13)15(18(21)22)9-12-4-7-17(20)16(19)10-12/h4-10,20H,3H2,1-2H3,(H,21,22)/b15-9-. The number of phenolic OH excluding ortho intramolecular Hbond substituents is 1. The summed E-state index contributed by atoms with van der Waals surface area (Å²) in [4.78, 5) is 11.6. The highest BCUT2D eigenvalue weighted by Gasteiger charge is 2.14. The zero-order valence-electron chi connectivity index (χ0n) is 12.8. The van der Waals surface area contributed by atoms with Gasteiger partial charge in [-0.05, 0) is 60.9 Å². The molecular formula is C18H17ClO4. The number of carboxylic acids is 1. The number of hydrogen-bond donors (Lipinski definition) is 2. The summed E-state index contributed by atoms with van der Waals surface area (Å²) in [6.45, 7) is 4.27. The van der Waals surface area contributed by atoms with Crippen LogP contribution < -0.4 is 4.74 Å². The fraction of sp³-hybridized carbons (Fsp3) is 0.167. The first-order valence-electron chi connectivity index (χ1n) is 7.09. The molecule has 5 heteroatoms. The molecule has 2 aromatic carbocycles. The van der Waals surface area contributed by atoms with Crippen LogP contribution in [0, 0.1) is 6.92 Å². The first kappa shape index (κ1) is 16.9. The maximum atomic E-state index is 11.6. The van der Waals surface area contributed by atoms with Gasteiger partial charge in [0.25, 0.3) is 0 Å². The number of ether oxygens (including phenoxy) is 1. The topological polar surface area (TPSA) is 66.8 Å². The van der Waals surface area contributed by atoms with Crippen LogP contribution in [0.3, 0.4) is 0 Å². The van der Waals surface area contributed by atoms with Crippen LogP contribution in [0.1, 0.15) is 23.6 Å². The van der Waals surface area contributed by atoms with Gasteiger partial charge in [-0.3, -0.25) is 0 Å². The van der Waals surface area contributed by atoms with Gasteiger partial charge in [-0.1, -0.05) is 23.7 Å². The lowest BCUT2D eigenvalue weighted by Gasteiger charge is -2.10. The summed E-state index contributed by atoms with van der Waals surface area (Å²) in [6.07, 6.45) is 1.52. The number of carbonyl (C=O) groups is 1. The molecule has 4 nitrogen and oxygen atoms in total. The molecule has 0 aliphatic heterocycles. The van der Waals surface area contributed by atoms with Crippen molar-refractivity contribution in [2.24, 2.45) is 0 Å². The van der Waals surface area contributed by atoms with E-state index in [1.807, 2.05) is 13.8 Å². The molecule has 0 radical (unpaired) electrons. The summed E-state index contributed by atoms with van der Waals surface area (Å²) in [5, 5.41) is 19.1. The fourth-order valence-corrected chi connectivity index (χ4v) is 2.42. The number of carboxylic acid groups (broad SMARTS) is 1. The highest BCUT2D eigenvalue weighted by Crippen LogP contribution is 2.28. The van der Waals surface area contributed by atoms with Crippen molar-refractivity contribution in [3.8, 4) is 11.5 Å². The van der Waals surface area contributed by atoms with Gasteiger partial charge in [0.05, 0.1) is 17.2 Å². The molecule has 0 spiro atoms. The minimum absolute atomic E-state index is 0.0436. The van der Waals surface area contributed by atoms with Gasteiger partial charge in [-0.2, -0.15) is 0 Å². The van der Waals surface area contributed by atoms with Crippen LogP contribution >= 0.6 is 11.6 Å². The van der Waals surface area contributed by atoms with E-state index in [-0.39, 0.29) is 16.3 Å². The zero-order valence-corrected chi connectivity index (χ0v) is 13.6. The SMILES string of the molecule is CCOc1ccc(/C(=C/c2ccc(O)c(Cl)c2)C(=O)O)c(C)c1. The smallest absolute Gasteiger partial charge is 0.336 e. The zero-order chi connectivity index (χ0) is 17.0. The highest BCUT2D eigenvalue weighted by molar-refractivity contribution is 6.32. The van der Waals surface area contributed by atoms with E-state index in [2.05, 4.69) is 0 Å². The maximum Gasteiger partial charge on any atom is 0.336 e. The molecule has 0 aromatic heterocycles. The van der Waals surface area contributed by atoms with E-state index in [9.17, 15) is 15.0 Å². The van der Waals surface area contributed by atoms with Gasteiger partial charge in [0.1, 0.15) is 11.5 Å². The Hall–Kier alpha value is -2.46. The molecule has 2 N–H and O–H groups in total. The lowest BCUT2D eigenvalue weighted by atomic mass is 9.98. The Kier molecular flexibility index (Phi) is 5.29. The summed E-state index contributed by atoms with van der Waals surface area (Å²) < 4.78 is 5.42. The number of hydrogen-bond acceptors (Lipinski definition) is 3. The third-order valence-electron chi connectivity index (χ3n) is 3.31. The average molecular weight is 333 g/mol. The molecular weight excluding hydrogens is 316 g/mol. The van der Waals surface area contributed by atoms with Crippen molar-refractivity contribution in [1.29, 1.82) is 0 Å². The molecule has 0 heterocycles. The number of halogens is 1. The van der Waals surface area contributed by atoms with Crippen molar-refractivity contribution in [1.82, 2.24) is 0 Å². The number of aromatic hydroxyl groups is 1. The molecule has 0 aliphatic rings. The molecule has 0 aliphatic carbocycles. The van der Waals surface area contributed by atoms with Crippen LogP contribution in [0.4, 0.5) is 0 Å². The largest absolute Gasteiger partial charge is 0.506 e. The predicted molar refractivity (Wildman–Crippen MR) is 91.0 cm³/mol. The summed E-state index contributed by atoms with van der Waals surface area (Å²) in [7, 11) is 0. The van der Waals surface area contributed by atoms with Crippen molar-refractivity contribution < 1.29 is 19.7 Å². The average Bonchev–Trinajstić information content (AvgIpc) is 2.49. The lowest BCUT2D eigenvalue weighted by molar-refractivity contribution is -0.130. The molecule has 0 saturated heterocycles. The number of aryl methyl sites for hydroxylation is 1. The van der Waals surface area contributed by atoms with Crippen molar-refractivity contribution in [2.75, 3.05) is 6.61 Å². The molecule has 23 heavy (non-hydrogen) atoms. The van der Waals surface area contributed by atoms with Gasteiger partial charge in [-0.15, -0.1) is 0 Å². The van der Waals surface area contributed by atoms with Crippen LogP contribution in [0.2, 0.25) is 5.02 Å². The highest BCUT2D eigenvalue weighted by atomic mass is 35.5. The fourth-order valence-electron chi connectivity index (χ4n) is 2.23. The van der Waals surface area contributed by atoms with Crippen molar-refractivity contribution in [3.63, 3.8) is 0 Å². The van der Waals surface area contributed by atoms with Gasteiger partial charge in [-0.25, -0.2) is 4.79 Å². The van der Waals surface area contributed by atoms with Crippen LogP contribution in [-0.2, 0) is 4.79 Å². The molecule has 2 rings (SSSR count). The van der Waals surface area contributed by atoms with Crippen molar-refractivity contribution in [2.45, 2.75) is 13.8 Å². The van der Waals surface area contributed by atoms with Crippen LogP contribution in [0.5, 0.6) is 11.5 Å². The second-order valence-electron chi connectivity index (χ2n) is 4.98. The number of phenols is 1. The summed E-state index contributed by atoms with van der Waals surface area (Å²) >= 11 is 5.87. The first-order chi connectivity index (χ1) is 10.9. The van der Waals surface area contributed by atoms with E-state index in [0.29, 0.717) is 23.5 Å². The second kappa shape index (κ2) is 7.20. The van der Waals surface area contributed by atoms with Crippen molar-refractivity contribution >= 4 is 29.2 Å². The van der Waals surface area contributed by atoms with E-state index >= 15 is 0 Å². The van der Waals surface area contributed by atoms with E-state index in [1.165, 1.54) is 18.2 Å². The van der Waals surface area contributed by atoms with Crippen LogP contribution in [0.15, 0.2) is 36.4 Å². The molecule has 0 saturated carbocycles. The molecule has 120 valence electrons. The maximum absolute atomic E-state index is 11.6. The predicted octanol–water partition coefficient (Wildman–Crippen LogP) is 4.38. The van der Waals surface area contributed by atoms with Gasteiger partial charge in [0, 0.05) is 0 Å². The Labute approximate surface area is 139 Å². The number of benzene rings is 2. The molecule has 0 bridgehead atoms. The minimum Gasteiger partial charge on any atom is -0.506 e. The molecule has 0 fully saturated rings. The van der Waals surface area contributed by atoms with Crippen molar-refractivity contribution in [3.05, 3.63) is 58.1 Å². The third kappa shape index (κ3) is 4.05. The van der Waals surface area contributed by atoms with Gasteiger partial charge in [0.15, 0.2) is 0 Å².